The van der Waals surface area contributed by atoms with E-state index in [1.54, 1.807) is 6.26 Å². The number of nitrogen functional groups attached to an aromatic ring is 1. The SMILES string of the molecule is CC(C)(C)N1CCOC(=COc2cc(Br)cc(Br)c2N)C1. The predicted molar refractivity (Wildman–Crippen MR) is 92.2 cm³/mol. The van der Waals surface area contributed by atoms with Crippen LogP contribution in [0.4, 0.5) is 5.69 Å². The van der Waals surface area contributed by atoms with E-state index in [1.807, 2.05) is 12.1 Å². The summed E-state index contributed by atoms with van der Waals surface area (Å²) in [6.07, 6.45) is 1.64. The van der Waals surface area contributed by atoms with E-state index >= 15 is 0 Å². The molecular formula is C15H20Br2N2O2. The summed E-state index contributed by atoms with van der Waals surface area (Å²) in [5, 5.41) is 0. The maximum absolute atomic E-state index is 5.99. The van der Waals surface area contributed by atoms with Gasteiger partial charge >= 0.3 is 0 Å². The van der Waals surface area contributed by atoms with Crippen LogP contribution in [0.3, 0.4) is 0 Å². The number of nitrogens with zero attached hydrogens (tertiary/aromatic N) is 1. The van der Waals surface area contributed by atoms with Crippen LogP contribution >= 0.6 is 31.9 Å². The first-order valence-corrected chi connectivity index (χ1v) is 8.34. The average Bonchev–Trinajstić information content (AvgIpc) is 2.40. The molecule has 0 aromatic heterocycles. The van der Waals surface area contributed by atoms with Crippen LogP contribution in [0, 0.1) is 0 Å². The second-order valence-electron chi connectivity index (χ2n) is 5.94. The smallest absolute Gasteiger partial charge is 0.151 e. The molecule has 1 aliphatic heterocycles. The van der Waals surface area contributed by atoms with Gasteiger partial charge in [-0.2, -0.15) is 0 Å². The first-order valence-electron chi connectivity index (χ1n) is 6.75. The van der Waals surface area contributed by atoms with Gasteiger partial charge in [0.1, 0.15) is 18.6 Å². The first-order chi connectivity index (χ1) is 9.77. The Hall–Kier alpha value is -0.720. The molecule has 116 valence electrons. The fourth-order valence-electron chi connectivity index (χ4n) is 2.03. The highest BCUT2D eigenvalue weighted by atomic mass is 79.9. The molecule has 2 N–H and O–H groups in total. The van der Waals surface area contributed by atoms with Crippen molar-refractivity contribution in [2.45, 2.75) is 26.3 Å². The zero-order chi connectivity index (χ0) is 15.6. The number of nitrogens with two attached hydrogens (primary N) is 1. The summed E-state index contributed by atoms with van der Waals surface area (Å²) in [5.41, 5.74) is 6.67. The predicted octanol–water partition coefficient (Wildman–Crippen LogP) is 4.14. The second-order valence-corrected chi connectivity index (χ2v) is 7.71. The summed E-state index contributed by atoms with van der Waals surface area (Å²) < 4.78 is 13.1. The molecule has 0 aliphatic carbocycles. The summed E-state index contributed by atoms with van der Waals surface area (Å²) in [4.78, 5) is 2.35. The maximum atomic E-state index is 5.99. The van der Waals surface area contributed by atoms with Crippen molar-refractivity contribution >= 4 is 37.5 Å². The molecular weight excluding hydrogens is 400 g/mol. The van der Waals surface area contributed by atoms with E-state index < -0.39 is 0 Å². The fraction of sp³-hybridized carbons (Fsp3) is 0.467. The lowest BCUT2D eigenvalue weighted by Crippen LogP contribution is -2.47. The van der Waals surface area contributed by atoms with E-state index in [4.69, 9.17) is 15.2 Å². The van der Waals surface area contributed by atoms with Crippen molar-refractivity contribution < 1.29 is 9.47 Å². The van der Waals surface area contributed by atoms with Crippen LogP contribution < -0.4 is 10.5 Å². The highest BCUT2D eigenvalue weighted by Crippen LogP contribution is 2.34. The third-order valence-corrected chi connectivity index (χ3v) is 4.43. The Balaban J connectivity index is 2.11. The molecule has 0 bridgehead atoms. The topological polar surface area (TPSA) is 47.7 Å². The normalized spacial score (nSPS) is 18.6. The summed E-state index contributed by atoms with van der Waals surface area (Å²) in [6, 6.07) is 3.72. The number of benzene rings is 1. The summed E-state index contributed by atoms with van der Waals surface area (Å²) in [7, 11) is 0. The molecule has 0 saturated carbocycles. The Morgan fingerprint density at radius 1 is 1.33 bits per heavy atom. The third kappa shape index (κ3) is 4.37. The molecule has 0 spiro atoms. The molecule has 0 unspecified atom stereocenters. The largest absolute Gasteiger partial charge is 0.492 e. The number of hydrogen-bond acceptors (Lipinski definition) is 4. The van der Waals surface area contributed by atoms with Gasteiger partial charge in [0, 0.05) is 21.0 Å². The number of hydrogen-bond donors (Lipinski definition) is 1. The van der Waals surface area contributed by atoms with Crippen molar-refractivity contribution in [3.63, 3.8) is 0 Å². The van der Waals surface area contributed by atoms with E-state index in [0.29, 0.717) is 18.0 Å². The van der Waals surface area contributed by atoms with Crippen LogP contribution in [0.15, 0.2) is 33.1 Å². The quantitative estimate of drug-likeness (QED) is 0.577. The number of rotatable bonds is 2. The van der Waals surface area contributed by atoms with Gasteiger partial charge in [0.25, 0.3) is 0 Å². The number of anilines is 1. The molecule has 1 aromatic carbocycles. The molecule has 21 heavy (non-hydrogen) atoms. The van der Waals surface area contributed by atoms with Crippen LogP contribution in [0.1, 0.15) is 20.8 Å². The Labute approximate surface area is 142 Å². The van der Waals surface area contributed by atoms with Gasteiger partial charge in [0.2, 0.25) is 0 Å². The highest BCUT2D eigenvalue weighted by molar-refractivity contribution is 9.11. The maximum Gasteiger partial charge on any atom is 0.151 e. The highest BCUT2D eigenvalue weighted by Gasteiger charge is 2.26. The molecule has 0 radical (unpaired) electrons. The molecule has 0 amide bonds. The number of ether oxygens (including phenoxy) is 2. The van der Waals surface area contributed by atoms with Crippen LogP contribution in [0.2, 0.25) is 0 Å². The Morgan fingerprint density at radius 2 is 2.05 bits per heavy atom. The van der Waals surface area contributed by atoms with E-state index in [2.05, 4.69) is 57.5 Å². The molecule has 1 saturated heterocycles. The lowest BCUT2D eigenvalue weighted by molar-refractivity contribution is 0.0360. The Morgan fingerprint density at radius 3 is 2.71 bits per heavy atom. The summed E-state index contributed by atoms with van der Waals surface area (Å²) in [6.45, 7) is 8.91. The molecule has 1 heterocycles. The van der Waals surface area contributed by atoms with E-state index in [9.17, 15) is 0 Å². The second kappa shape index (κ2) is 6.58. The van der Waals surface area contributed by atoms with Crippen LogP contribution in [-0.2, 0) is 4.74 Å². The van der Waals surface area contributed by atoms with Crippen molar-refractivity contribution in [3.8, 4) is 5.75 Å². The third-order valence-electron chi connectivity index (χ3n) is 3.32. The standard InChI is InChI=1S/C15H20Br2N2O2/c1-15(2,3)19-4-5-20-11(8-19)9-21-13-7-10(16)6-12(17)14(13)18/h6-7,9H,4-5,8,18H2,1-3H3. The van der Waals surface area contributed by atoms with Gasteiger partial charge in [-0.1, -0.05) is 15.9 Å². The Kier molecular flexibility index (Phi) is 5.22. The van der Waals surface area contributed by atoms with Gasteiger partial charge in [-0.3, -0.25) is 4.90 Å². The van der Waals surface area contributed by atoms with Crippen molar-refractivity contribution in [1.82, 2.24) is 4.90 Å². The van der Waals surface area contributed by atoms with Crippen molar-refractivity contribution in [1.29, 1.82) is 0 Å². The molecule has 1 aliphatic rings. The lowest BCUT2D eigenvalue weighted by Gasteiger charge is -2.38. The van der Waals surface area contributed by atoms with Crippen molar-refractivity contribution in [2.24, 2.45) is 0 Å². The minimum absolute atomic E-state index is 0.112. The molecule has 1 fully saturated rings. The van der Waals surface area contributed by atoms with E-state index in [-0.39, 0.29) is 5.54 Å². The van der Waals surface area contributed by atoms with E-state index in [0.717, 1.165) is 27.8 Å². The molecule has 2 rings (SSSR count). The number of halogens is 2. The van der Waals surface area contributed by atoms with E-state index in [1.165, 1.54) is 0 Å². The van der Waals surface area contributed by atoms with Crippen molar-refractivity contribution in [3.05, 3.63) is 33.1 Å². The minimum Gasteiger partial charge on any atom is -0.492 e. The molecule has 4 nitrogen and oxygen atoms in total. The number of morpholine rings is 1. The summed E-state index contributed by atoms with van der Waals surface area (Å²) in [5.74, 6) is 1.41. The van der Waals surface area contributed by atoms with Gasteiger partial charge < -0.3 is 15.2 Å². The fourth-order valence-corrected chi connectivity index (χ4v) is 3.22. The Bertz CT molecular complexity index is 553. The van der Waals surface area contributed by atoms with Crippen LogP contribution in [0.5, 0.6) is 5.75 Å². The molecule has 6 heteroatoms. The van der Waals surface area contributed by atoms with Crippen LogP contribution in [-0.4, -0.2) is 30.1 Å². The monoisotopic (exact) mass is 418 g/mol. The van der Waals surface area contributed by atoms with Gasteiger partial charge in [-0.15, -0.1) is 0 Å². The molecule has 0 atom stereocenters. The van der Waals surface area contributed by atoms with Crippen LogP contribution in [0.25, 0.3) is 0 Å². The lowest BCUT2D eigenvalue weighted by atomic mass is 10.1. The average molecular weight is 420 g/mol. The van der Waals surface area contributed by atoms with Crippen molar-refractivity contribution in [2.75, 3.05) is 25.4 Å². The van der Waals surface area contributed by atoms with Gasteiger partial charge in [-0.05, 0) is 48.8 Å². The van der Waals surface area contributed by atoms with Gasteiger partial charge in [-0.25, -0.2) is 0 Å². The van der Waals surface area contributed by atoms with Gasteiger partial charge in [0.15, 0.2) is 5.75 Å². The van der Waals surface area contributed by atoms with Gasteiger partial charge in [0.05, 0.1) is 12.2 Å². The molecule has 1 aromatic rings. The zero-order valence-corrected chi connectivity index (χ0v) is 15.6. The minimum atomic E-state index is 0.112. The zero-order valence-electron chi connectivity index (χ0n) is 12.5. The summed E-state index contributed by atoms with van der Waals surface area (Å²) >= 11 is 6.83. The first kappa shape index (κ1) is 16.6.